The highest BCUT2D eigenvalue weighted by atomic mass is 16.3. The minimum Gasteiger partial charge on any atom is -0.396 e. The average molecular weight is 210 g/mol. The van der Waals surface area contributed by atoms with Crippen LogP contribution in [-0.2, 0) is 0 Å². The Bertz CT molecular complexity index is 323. The lowest BCUT2D eigenvalue weighted by atomic mass is 9.95. The van der Waals surface area contributed by atoms with E-state index in [0.29, 0.717) is 0 Å². The average Bonchev–Trinajstić information content (AvgIpc) is 2.21. The maximum atomic E-state index is 9.86. The maximum Gasteiger partial charge on any atom is 0.105 e. The molecule has 0 aromatic heterocycles. The summed E-state index contributed by atoms with van der Waals surface area (Å²) in [6, 6.07) is 5.62. The van der Waals surface area contributed by atoms with E-state index < -0.39 is 12.2 Å². The van der Waals surface area contributed by atoms with E-state index in [4.69, 9.17) is 5.11 Å². The Morgan fingerprint density at radius 3 is 2.47 bits per heavy atom. The van der Waals surface area contributed by atoms with E-state index in [1.54, 1.807) is 6.07 Å². The molecule has 3 heteroatoms. The lowest BCUT2D eigenvalue weighted by molar-refractivity contribution is 0.00386. The van der Waals surface area contributed by atoms with Crippen LogP contribution in [0, 0.1) is 13.8 Å². The van der Waals surface area contributed by atoms with Crippen molar-refractivity contribution < 1.29 is 15.3 Å². The first-order valence-corrected chi connectivity index (χ1v) is 5.11. The summed E-state index contributed by atoms with van der Waals surface area (Å²) in [7, 11) is 0. The molecule has 1 rings (SSSR count). The maximum absolute atomic E-state index is 9.86. The number of benzene rings is 1. The first-order chi connectivity index (χ1) is 7.07. The molecule has 0 amide bonds. The second-order valence-corrected chi connectivity index (χ2v) is 3.81. The molecule has 0 aliphatic carbocycles. The first-order valence-electron chi connectivity index (χ1n) is 5.11. The molecule has 2 unspecified atom stereocenters. The van der Waals surface area contributed by atoms with Crippen molar-refractivity contribution in [2.24, 2.45) is 0 Å². The summed E-state index contributed by atoms with van der Waals surface area (Å²) in [5.74, 6) is 0. The zero-order valence-electron chi connectivity index (χ0n) is 9.14. The minimum atomic E-state index is -0.919. The highest BCUT2D eigenvalue weighted by Gasteiger charge is 2.19. The van der Waals surface area contributed by atoms with Gasteiger partial charge in [0.15, 0.2) is 0 Å². The molecule has 1 aromatic rings. The van der Waals surface area contributed by atoms with Gasteiger partial charge in [-0.15, -0.1) is 0 Å². The highest BCUT2D eigenvalue weighted by Crippen LogP contribution is 2.24. The van der Waals surface area contributed by atoms with Crippen LogP contribution >= 0.6 is 0 Å². The largest absolute Gasteiger partial charge is 0.396 e. The summed E-state index contributed by atoms with van der Waals surface area (Å²) in [6.45, 7) is 3.76. The van der Waals surface area contributed by atoms with Crippen molar-refractivity contribution in [3.63, 3.8) is 0 Å². The molecule has 3 nitrogen and oxygen atoms in total. The zero-order valence-corrected chi connectivity index (χ0v) is 9.14. The predicted octanol–water partition coefficient (Wildman–Crippen LogP) is 1.08. The summed E-state index contributed by atoms with van der Waals surface area (Å²) in [5, 5.41) is 28.1. The second kappa shape index (κ2) is 5.26. The van der Waals surface area contributed by atoms with Gasteiger partial charge in [-0.25, -0.2) is 0 Å². The van der Waals surface area contributed by atoms with E-state index in [2.05, 4.69) is 0 Å². The van der Waals surface area contributed by atoms with E-state index >= 15 is 0 Å². The van der Waals surface area contributed by atoms with Crippen molar-refractivity contribution in [3.8, 4) is 0 Å². The van der Waals surface area contributed by atoms with Gasteiger partial charge in [-0.05, 0) is 37.0 Å². The van der Waals surface area contributed by atoms with E-state index in [0.717, 1.165) is 16.7 Å². The van der Waals surface area contributed by atoms with E-state index in [1.807, 2.05) is 26.0 Å². The van der Waals surface area contributed by atoms with Crippen molar-refractivity contribution in [1.29, 1.82) is 0 Å². The van der Waals surface area contributed by atoms with Gasteiger partial charge in [-0.1, -0.05) is 18.2 Å². The summed E-state index contributed by atoms with van der Waals surface area (Å²) >= 11 is 0. The first kappa shape index (κ1) is 12.2. The second-order valence-electron chi connectivity index (χ2n) is 3.81. The molecular weight excluding hydrogens is 192 g/mol. The third-order valence-corrected chi connectivity index (χ3v) is 2.75. The fraction of sp³-hybridized carbons (Fsp3) is 0.500. The van der Waals surface area contributed by atoms with Crippen molar-refractivity contribution in [2.45, 2.75) is 32.5 Å². The quantitative estimate of drug-likeness (QED) is 0.697. The summed E-state index contributed by atoms with van der Waals surface area (Å²) in [4.78, 5) is 0. The van der Waals surface area contributed by atoms with Crippen LogP contribution in [0.15, 0.2) is 18.2 Å². The summed E-state index contributed by atoms with van der Waals surface area (Å²) in [6.07, 6.45) is -1.64. The predicted molar refractivity (Wildman–Crippen MR) is 58.6 cm³/mol. The van der Waals surface area contributed by atoms with Crippen LogP contribution in [0.5, 0.6) is 0 Å². The molecule has 0 radical (unpaired) electrons. The fourth-order valence-electron chi connectivity index (χ4n) is 1.59. The Morgan fingerprint density at radius 2 is 1.87 bits per heavy atom. The molecule has 0 heterocycles. The molecule has 0 spiro atoms. The SMILES string of the molecule is Cc1cccc(C(O)C(O)CCO)c1C. The van der Waals surface area contributed by atoms with Crippen LogP contribution in [0.4, 0.5) is 0 Å². The van der Waals surface area contributed by atoms with Gasteiger partial charge in [-0.3, -0.25) is 0 Å². The van der Waals surface area contributed by atoms with Crippen LogP contribution in [0.1, 0.15) is 29.2 Å². The zero-order chi connectivity index (χ0) is 11.4. The van der Waals surface area contributed by atoms with Gasteiger partial charge in [0.2, 0.25) is 0 Å². The normalized spacial score (nSPS) is 15.0. The fourth-order valence-corrected chi connectivity index (χ4v) is 1.59. The van der Waals surface area contributed by atoms with Gasteiger partial charge >= 0.3 is 0 Å². The number of aliphatic hydroxyl groups excluding tert-OH is 3. The lowest BCUT2D eigenvalue weighted by Gasteiger charge is -2.20. The van der Waals surface area contributed by atoms with E-state index in [-0.39, 0.29) is 13.0 Å². The molecule has 0 bridgehead atoms. The number of rotatable bonds is 4. The summed E-state index contributed by atoms with van der Waals surface area (Å²) in [5.41, 5.74) is 2.81. The Labute approximate surface area is 90.0 Å². The third kappa shape index (κ3) is 2.78. The molecule has 2 atom stereocenters. The molecular formula is C12H18O3. The van der Waals surface area contributed by atoms with Crippen molar-refractivity contribution >= 4 is 0 Å². The highest BCUT2D eigenvalue weighted by molar-refractivity contribution is 5.35. The van der Waals surface area contributed by atoms with Gasteiger partial charge in [-0.2, -0.15) is 0 Å². The molecule has 84 valence electrons. The van der Waals surface area contributed by atoms with Crippen LogP contribution in [-0.4, -0.2) is 28.0 Å². The number of aryl methyl sites for hydroxylation is 1. The van der Waals surface area contributed by atoms with Gasteiger partial charge in [0, 0.05) is 6.61 Å². The molecule has 0 saturated heterocycles. The van der Waals surface area contributed by atoms with Crippen molar-refractivity contribution in [1.82, 2.24) is 0 Å². The van der Waals surface area contributed by atoms with Gasteiger partial charge in [0.05, 0.1) is 6.10 Å². The Kier molecular flexibility index (Phi) is 4.27. The minimum absolute atomic E-state index is 0.122. The standard InChI is InChI=1S/C12H18O3/c1-8-4-3-5-10(9(8)2)12(15)11(14)6-7-13/h3-5,11-15H,6-7H2,1-2H3. The van der Waals surface area contributed by atoms with E-state index in [9.17, 15) is 10.2 Å². The van der Waals surface area contributed by atoms with Crippen LogP contribution in [0.2, 0.25) is 0 Å². The summed E-state index contributed by atoms with van der Waals surface area (Å²) < 4.78 is 0. The molecule has 3 N–H and O–H groups in total. The molecule has 15 heavy (non-hydrogen) atoms. The van der Waals surface area contributed by atoms with Crippen molar-refractivity contribution in [2.75, 3.05) is 6.61 Å². The Balaban J connectivity index is 2.90. The van der Waals surface area contributed by atoms with Crippen LogP contribution in [0.25, 0.3) is 0 Å². The van der Waals surface area contributed by atoms with Gasteiger partial charge < -0.3 is 15.3 Å². The molecule has 0 aliphatic heterocycles. The molecule has 0 saturated carbocycles. The smallest absolute Gasteiger partial charge is 0.105 e. The lowest BCUT2D eigenvalue weighted by Crippen LogP contribution is -2.20. The Hall–Kier alpha value is -0.900. The number of hydrogen-bond donors (Lipinski definition) is 3. The monoisotopic (exact) mass is 210 g/mol. The molecule has 0 fully saturated rings. The van der Waals surface area contributed by atoms with E-state index in [1.165, 1.54) is 0 Å². The number of hydrogen-bond acceptors (Lipinski definition) is 3. The third-order valence-electron chi connectivity index (χ3n) is 2.75. The topological polar surface area (TPSA) is 60.7 Å². The van der Waals surface area contributed by atoms with Crippen LogP contribution < -0.4 is 0 Å². The van der Waals surface area contributed by atoms with Crippen molar-refractivity contribution in [3.05, 3.63) is 34.9 Å². The van der Waals surface area contributed by atoms with Crippen LogP contribution in [0.3, 0.4) is 0 Å². The van der Waals surface area contributed by atoms with Gasteiger partial charge in [0.1, 0.15) is 6.10 Å². The Morgan fingerprint density at radius 1 is 1.20 bits per heavy atom. The van der Waals surface area contributed by atoms with Gasteiger partial charge in [0.25, 0.3) is 0 Å². The number of aliphatic hydroxyl groups is 3. The molecule has 1 aromatic carbocycles. The molecule has 0 aliphatic rings.